The number of amides is 1. The highest BCUT2D eigenvalue weighted by Crippen LogP contribution is 2.38. The lowest BCUT2D eigenvalue weighted by Gasteiger charge is -2.26. The highest BCUT2D eigenvalue weighted by molar-refractivity contribution is 5.78. The zero-order chi connectivity index (χ0) is 20.8. The van der Waals surface area contributed by atoms with E-state index in [9.17, 15) is 4.79 Å². The predicted molar refractivity (Wildman–Crippen MR) is 116 cm³/mol. The first-order valence-corrected chi connectivity index (χ1v) is 10.0. The van der Waals surface area contributed by atoms with Crippen LogP contribution in [0.25, 0.3) is 0 Å². The van der Waals surface area contributed by atoms with E-state index in [2.05, 4.69) is 39.4 Å². The second kappa shape index (κ2) is 9.65. The Hall–Kier alpha value is -2.73. The van der Waals surface area contributed by atoms with E-state index in [1.165, 1.54) is 0 Å². The number of likely N-dealkylation sites (tertiary alicyclic amines) is 1. The molecule has 0 saturated carbocycles. The Morgan fingerprint density at radius 2 is 1.90 bits per heavy atom. The predicted octanol–water partition coefficient (Wildman–Crippen LogP) is 3.22. The monoisotopic (exact) mass is 397 g/mol. The maximum absolute atomic E-state index is 12.6. The minimum Gasteiger partial charge on any atom is -0.497 e. The normalized spacial score (nSPS) is 16.5. The van der Waals surface area contributed by atoms with Gasteiger partial charge in [-0.3, -0.25) is 9.69 Å². The first-order valence-electron chi connectivity index (χ1n) is 10.0. The van der Waals surface area contributed by atoms with Crippen molar-refractivity contribution in [3.63, 3.8) is 0 Å². The van der Waals surface area contributed by atoms with Gasteiger partial charge in [0, 0.05) is 44.0 Å². The van der Waals surface area contributed by atoms with E-state index in [0.29, 0.717) is 13.1 Å². The highest BCUT2D eigenvalue weighted by Gasteiger charge is 2.29. The van der Waals surface area contributed by atoms with Crippen molar-refractivity contribution in [2.45, 2.75) is 25.4 Å². The lowest BCUT2D eigenvalue weighted by Crippen LogP contribution is -2.36. The third kappa shape index (κ3) is 5.21. The van der Waals surface area contributed by atoms with Gasteiger partial charge in [-0.25, -0.2) is 0 Å². The molecule has 1 N–H and O–H groups in total. The molecule has 1 atom stereocenters. The molecule has 6 nitrogen and oxygen atoms in total. The van der Waals surface area contributed by atoms with Crippen molar-refractivity contribution >= 4 is 11.6 Å². The molecule has 1 aliphatic heterocycles. The van der Waals surface area contributed by atoms with E-state index in [4.69, 9.17) is 9.47 Å². The largest absolute Gasteiger partial charge is 0.497 e. The Kier molecular flexibility index (Phi) is 6.99. The number of rotatable bonds is 8. The molecule has 1 fully saturated rings. The van der Waals surface area contributed by atoms with Crippen molar-refractivity contribution in [3.05, 3.63) is 53.6 Å². The van der Waals surface area contributed by atoms with Crippen LogP contribution in [0.2, 0.25) is 0 Å². The summed E-state index contributed by atoms with van der Waals surface area (Å²) >= 11 is 0. The molecule has 1 heterocycles. The van der Waals surface area contributed by atoms with Gasteiger partial charge < -0.3 is 19.7 Å². The summed E-state index contributed by atoms with van der Waals surface area (Å²) in [7, 11) is 7.35. The topological polar surface area (TPSA) is 54.0 Å². The van der Waals surface area contributed by atoms with Crippen LogP contribution in [-0.4, -0.2) is 52.2 Å². The number of methoxy groups -OCH3 is 2. The van der Waals surface area contributed by atoms with E-state index in [0.717, 1.165) is 47.7 Å². The highest BCUT2D eigenvalue weighted by atomic mass is 16.5. The molecule has 0 spiro atoms. The van der Waals surface area contributed by atoms with Gasteiger partial charge >= 0.3 is 0 Å². The molecule has 0 aromatic heterocycles. The standard InChI is InChI=1S/C23H31N3O3/c1-25(2)18-9-7-17(8-10-18)15-24-23(27)16-26-13-5-6-21(26)20-12-11-19(28-3)14-22(20)29-4/h7-12,14,21H,5-6,13,15-16H2,1-4H3,(H,24,27)/t21-/m0/s1. The van der Waals surface area contributed by atoms with Crippen molar-refractivity contribution in [2.24, 2.45) is 0 Å². The zero-order valence-corrected chi connectivity index (χ0v) is 17.8. The molecule has 6 heteroatoms. The summed E-state index contributed by atoms with van der Waals surface area (Å²) in [5.74, 6) is 1.62. The minimum atomic E-state index is 0.0427. The molecule has 0 unspecified atom stereocenters. The van der Waals surface area contributed by atoms with Crippen LogP contribution in [0.5, 0.6) is 11.5 Å². The average Bonchev–Trinajstić information content (AvgIpc) is 3.19. The van der Waals surface area contributed by atoms with Gasteiger partial charge in [0.1, 0.15) is 11.5 Å². The van der Waals surface area contributed by atoms with Crippen LogP contribution in [0.1, 0.15) is 30.0 Å². The lowest BCUT2D eigenvalue weighted by molar-refractivity contribution is -0.122. The summed E-state index contributed by atoms with van der Waals surface area (Å²) in [4.78, 5) is 16.9. The van der Waals surface area contributed by atoms with Crippen LogP contribution < -0.4 is 19.7 Å². The summed E-state index contributed by atoms with van der Waals surface area (Å²) in [6.45, 7) is 1.83. The molecule has 2 aromatic carbocycles. The number of nitrogens with one attached hydrogen (secondary N) is 1. The maximum Gasteiger partial charge on any atom is 0.234 e. The maximum atomic E-state index is 12.6. The van der Waals surface area contributed by atoms with Gasteiger partial charge in [-0.1, -0.05) is 18.2 Å². The van der Waals surface area contributed by atoms with Crippen LogP contribution >= 0.6 is 0 Å². The van der Waals surface area contributed by atoms with Gasteiger partial charge in [0.05, 0.1) is 20.8 Å². The Morgan fingerprint density at radius 1 is 1.14 bits per heavy atom. The first-order chi connectivity index (χ1) is 14.0. The molecule has 156 valence electrons. The zero-order valence-electron chi connectivity index (χ0n) is 17.8. The summed E-state index contributed by atoms with van der Waals surface area (Å²) in [5.41, 5.74) is 3.35. The second-order valence-electron chi connectivity index (χ2n) is 7.57. The van der Waals surface area contributed by atoms with Gasteiger partial charge in [0.15, 0.2) is 0 Å². The number of carbonyl (C=O) groups excluding carboxylic acids is 1. The average molecular weight is 398 g/mol. The number of anilines is 1. The van der Waals surface area contributed by atoms with E-state index in [1.54, 1.807) is 14.2 Å². The molecule has 3 rings (SSSR count). The van der Waals surface area contributed by atoms with Crippen LogP contribution in [0.3, 0.4) is 0 Å². The quantitative estimate of drug-likeness (QED) is 0.741. The Bertz CT molecular complexity index is 821. The van der Waals surface area contributed by atoms with Crippen molar-refractivity contribution in [1.29, 1.82) is 0 Å². The second-order valence-corrected chi connectivity index (χ2v) is 7.57. The van der Waals surface area contributed by atoms with Gasteiger partial charge in [-0.05, 0) is 43.1 Å². The summed E-state index contributed by atoms with van der Waals surface area (Å²) in [6.07, 6.45) is 2.08. The summed E-state index contributed by atoms with van der Waals surface area (Å²) in [5, 5.41) is 3.05. The smallest absolute Gasteiger partial charge is 0.234 e. The number of ether oxygens (including phenoxy) is 2. The molecular weight excluding hydrogens is 366 g/mol. The summed E-state index contributed by atoms with van der Waals surface area (Å²) in [6, 6.07) is 14.3. The SMILES string of the molecule is COc1ccc([C@@H]2CCCN2CC(=O)NCc2ccc(N(C)C)cc2)c(OC)c1. The molecule has 0 radical (unpaired) electrons. The van der Waals surface area contributed by atoms with Gasteiger partial charge in [0.25, 0.3) is 0 Å². The molecule has 29 heavy (non-hydrogen) atoms. The molecule has 1 aliphatic rings. The van der Waals surface area contributed by atoms with E-state index in [1.807, 2.05) is 32.3 Å². The van der Waals surface area contributed by atoms with E-state index >= 15 is 0 Å². The molecule has 0 aliphatic carbocycles. The third-order valence-electron chi connectivity index (χ3n) is 5.45. The van der Waals surface area contributed by atoms with Crippen LogP contribution in [0.15, 0.2) is 42.5 Å². The third-order valence-corrected chi connectivity index (χ3v) is 5.45. The fraction of sp³-hybridized carbons (Fsp3) is 0.435. The van der Waals surface area contributed by atoms with Crippen molar-refractivity contribution < 1.29 is 14.3 Å². The summed E-state index contributed by atoms with van der Waals surface area (Å²) < 4.78 is 10.9. The Balaban J connectivity index is 1.59. The number of nitrogens with zero attached hydrogens (tertiary/aromatic N) is 2. The van der Waals surface area contributed by atoms with Crippen molar-refractivity contribution in [1.82, 2.24) is 10.2 Å². The number of benzene rings is 2. The number of hydrogen-bond donors (Lipinski definition) is 1. The van der Waals surface area contributed by atoms with Crippen LogP contribution in [-0.2, 0) is 11.3 Å². The molecule has 1 saturated heterocycles. The fourth-order valence-corrected chi connectivity index (χ4v) is 3.81. The lowest BCUT2D eigenvalue weighted by atomic mass is 10.0. The Morgan fingerprint density at radius 3 is 2.55 bits per heavy atom. The van der Waals surface area contributed by atoms with Crippen LogP contribution in [0, 0.1) is 0 Å². The molecular formula is C23H31N3O3. The van der Waals surface area contributed by atoms with E-state index < -0.39 is 0 Å². The fourth-order valence-electron chi connectivity index (χ4n) is 3.81. The minimum absolute atomic E-state index is 0.0427. The first kappa shape index (κ1) is 21.0. The number of carbonyl (C=O) groups is 1. The van der Waals surface area contributed by atoms with Gasteiger partial charge in [0.2, 0.25) is 5.91 Å². The number of hydrogen-bond acceptors (Lipinski definition) is 5. The molecule has 1 amide bonds. The van der Waals surface area contributed by atoms with Crippen LogP contribution in [0.4, 0.5) is 5.69 Å². The Labute approximate surface area is 173 Å². The van der Waals surface area contributed by atoms with Gasteiger partial charge in [-0.15, -0.1) is 0 Å². The van der Waals surface area contributed by atoms with E-state index in [-0.39, 0.29) is 11.9 Å². The van der Waals surface area contributed by atoms with Gasteiger partial charge in [-0.2, -0.15) is 0 Å². The molecule has 2 aromatic rings. The van der Waals surface area contributed by atoms with Crippen molar-refractivity contribution in [3.8, 4) is 11.5 Å². The molecule has 0 bridgehead atoms. The van der Waals surface area contributed by atoms with Crippen molar-refractivity contribution in [2.75, 3.05) is 46.3 Å².